The number of methoxy groups -OCH3 is 3. The van der Waals surface area contributed by atoms with E-state index in [1.165, 1.54) is 4.57 Å². The van der Waals surface area contributed by atoms with E-state index in [-0.39, 0.29) is 5.56 Å². The van der Waals surface area contributed by atoms with E-state index in [0.717, 1.165) is 11.1 Å². The normalized spacial score (nSPS) is 10.8. The number of hydrogen-bond donors (Lipinski definition) is 0. The molecule has 0 aliphatic rings. The Morgan fingerprint density at radius 2 is 1.67 bits per heavy atom. The van der Waals surface area contributed by atoms with Crippen LogP contribution in [0.5, 0.6) is 17.2 Å². The van der Waals surface area contributed by atoms with Gasteiger partial charge in [-0.1, -0.05) is 12.0 Å². The van der Waals surface area contributed by atoms with Crippen LogP contribution in [0.4, 0.5) is 0 Å². The molecule has 7 heteroatoms. The predicted octanol–water partition coefficient (Wildman–Crippen LogP) is 3.96. The van der Waals surface area contributed by atoms with Gasteiger partial charge >= 0.3 is 0 Å². The Morgan fingerprint density at radius 1 is 0.970 bits per heavy atom. The molecule has 0 atom stereocenters. The van der Waals surface area contributed by atoms with Crippen molar-refractivity contribution in [1.82, 2.24) is 14.5 Å². The summed E-state index contributed by atoms with van der Waals surface area (Å²) in [5.41, 5.74) is 2.27. The van der Waals surface area contributed by atoms with E-state index >= 15 is 0 Å². The Kier molecular flexibility index (Phi) is 6.09. The summed E-state index contributed by atoms with van der Waals surface area (Å²) < 4.78 is 17.8. The summed E-state index contributed by atoms with van der Waals surface area (Å²) in [6.45, 7) is 0. The van der Waals surface area contributed by atoms with Gasteiger partial charge in [-0.2, -0.15) is 0 Å². The molecule has 0 unspecified atom stereocenters. The van der Waals surface area contributed by atoms with Gasteiger partial charge < -0.3 is 14.2 Å². The molecule has 33 heavy (non-hydrogen) atoms. The van der Waals surface area contributed by atoms with Gasteiger partial charge in [0.25, 0.3) is 5.56 Å². The summed E-state index contributed by atoms with van der Waals surface area (Å²) in [7, 11) is 4.66. The lowest BCUT2D eigenvalue weighted by Gasteiger charge is -2.13. The fraction of sp³-hybridized carbons (Fsp3) is 0.115. The number of pyridine rings is 1. The minimum absolute atomic E-state index is 0.230. The second-order valence-electron chi connectivity index (χ2n) is 6.97. The number of rotatable bonds is 6. The maximum Gasteiger partial charge on any atom is 0.267 e. The van der Waals surface area contributed by atoms with Gasteiger partial charge in [-0.05, 0) is 60.2 Å². The fourth-order valence-corrected chi connectivity index (χ4v) is 3.47. The molecular formula is C26H21N3O4. The highest BCUT2D eigenvalue weighted by Gasteiger charge is 2.14. The van der Waals surface area contributed by atoms with Gasteiger partial charge in [0.1, 0.15) is 5.82 Å². The van der Waals surface area contributed by atoms with Gasteiger partial charge in [-0.15, -0.1) is 6.42 Å². The molecule has 0 N–H and O–H groups in total. The van der Waals surface area contributed by atoms with E-state index in [4.69, 9.17) is 20.6 Å². The highest BCUT2D eigenvalue weighted by atomic mass is 16.5. The van der Waals surface area contributed by atoms with Crippen LogP contribution in [0.15, 0.2) is 59.5 Å². The van der Waals surface area contributed by atoms with Crippen LogP contribution in [0.25, 0.3) is 28.9 Å². The quantitative estimate of drug-likeness (QED) is 0.424. The number of nitrogens with zero attached hydrogens (tertiary/aromatic N) is 3. The summed E-state index contributed by atoms with van der Waals surface area (Å²) >= 11 is 0. The third-order valence-electron chi connectivity index (χ3n) is 5.07. The minimum atomic E-state index is -0.230. The zero-order valence-corrected chi connectivity index (χ0v) is 18.4. The van der Waals surface area contributed by atoms with Crippen LogP contribution < -0.4 is 19.8 Å². The SMILES string of the molecule is C#Cc1ccc(-n2c(/C=C/c3cc(OC)c(OC)c(OC)c3)nc3ncccc3c2=O)cc1. The first-order chi connectivity index (χ1) is 16.1. The maximum absolute atomic E-state index is 13.4. The Labute approximate surface area is 190 Å². The van der Waals surface area contributed by atoms with Crippen LogP contribution in [0, 0.1) is 12.3 Å². The molecule has 0 amide bonds. The smallest absolute Gasteiger partial charge is 0.267 e. The Bertz CT molecular complexity index is 1420. The second-order valence-corrected chi connectivity index (χ2v) is 6.97. The average molecular weight is 439 g/mol. The van der Waals surface area contributed by atoms with Crippen molar-refractivity contribution < 1.29 is 14.2 Å². The van der Waals surface area contributed by atoms with Crippen LogP contribution >= 0.6 is 0 Å². The first-order valence-electron chi connectivity index (χ1n) is 10.0. The van der Waals surface area contributed by atoms with E-state index in [9.17, 15) is 4.79 Å². The lowest BCUT2D eigenvalue weighted by Crippen LogP contribution is -2.22. The van der Waals surface area contributed by atoms with Crippen LogP contribution in [0.3, 0.4) is 0 Å². The molecule has 0 aliphatic heterocycles. The lowest BCUT2D eigenvalue weighted by atomic mass is 10.1. The number of terminal acetylenes is 1. The summed E-state index contributed by atoms with van der Waals surface area (Å²) in [5, 5.41) is 0.420. The highest BCUT2D eigenvalue weighted by molar-refractivity contribution is 5.77. The van der Waals surface area contributed by atoms with Gasteiger partial charge in [-0.25, -0.2) is 9.97 Å². The van der Waals surface area contributed by atoms with Crippen molar-refractivity contribution in [3.63, 3.8) is 0 Å². The number of aromatic nitrogens is 3. The fourth-order valence-electron chi connectivity index (χ4n) is 3.47. The zero-order valence-electron chi connectivity index (χ0n) is 18.4. The topological polar surface area (TPSA) is 75.5 Å². The van der Waals surface area contributed by atoms with Crippen molar-refractivity contribution in [2.75, 3.05) is 21.3 Å². The van der Waals surface area contributed by atoms with Gasteiger partial charge in [0, 0.05) is 11.8 Å². The number of fused-ring (bicyclic) bond motifs is 1. The molecule has 0 saturated heterocycles. The van der Waals surface area contributed by atoms with Crippen molar-refractivity contribution >= 4 is 23.2 Å². The van der Waals surface area contributed by atoms with E-state index in [1.807, 2.05) is 6.08 Å². The van der Waals surface area contributed by atoms with Crippen LogP contribution in [-0.2, 0) is 0 Å². The van der Waals surface area contributed by atoms with Gasteiger partial charge in [0.15, 0.2) is 17.1 Å². The first-order valence-corrected chi connectivity index (χ1v) is 10.0. The van der Waals surface area contributed by atoms with Crippen molar-refractivity contribution in [3.8, 4) is 35.3 Å². The molecule has 4 rings (SSSR count). The Balaban J connectivity index is 1.89. The van der Waals surface area contributed by atoms with Crippen LogP contribution in [-0.4, -0.2) is 35.9 Å². The third kappa shape index (κ3) is 4.14. The van der Waals surface area contributed by atoms with Crippen LogP contribution in [0.1, 0.15) is 17.0 Å². The Morgan fingerprint density at radius 3 is 2.27 bits per heavy atom. The van der Waals surface area contributed by atoms with Crippen molar-refractivity contribution in [3.05, 3.63) is 82.0 Å². The van der Waals surface area contributed by atoms with Crippen molar-refractivity contribution in [1.29, 1.82) is 0 Å². The van der Waals surface area contributed by atoms with E-state index in [1.54, 1.807) is 82.1 Å². The molecule has 2 aromatic carbocycles. The molecule has 0 saturated carbocycles. The van der Waals surface area contributed by atoms with Gasteiger partial charge in [0.05, 0.1) is 32.4 Å². The third-order valence-corrected chi connectivity index (χ3v) is 5.07. The molecule has 0 fully saturated rings. The maximum atomic E-state index is 13.4. The molecule has 164 valence electrons. The molecule has 0 aliphatic carbocycles. The van der Waals surface area contributed by atoms with Gasteiger partial charge in [0.2, 0.25) is 5.75 Å². The molecule has 4 aromatic rings. The lowest BCUT2D eigenvalue weighted by molar-refractivity contribution is 0.324. The van der Waals surface area contributed by atoms with E-state index in [2.05, 4.69) is 15.9 Å². The van der Waals surface area contributed by atoms with E-state index < -0.39 is 0 Å². The summed E-state index contributed by atoms with van der Waals surface area (Å²) in [6.07, 6.45) is 10.6. The highest BCUT2D eigenvalue weighted by Crippen LogP contribution is 2.38. The molecule has 0 spiro atoms. The molecule has 7 nitrogen and oxygen atoms in total. The standard InChI is InChI=1S/C26H21N3O4/c1-5-17-8-11-19(12-9-17)29-23(28-25-20(26(29)30)7-6-14-27-25)13-10-18-15-21(31-2)24(33-4)22(16-18)32-3/h1,6-16H,2-4H3/b13-10+. The van der Waals surface area contributed by atoms with Gasteiger partial charge in [-0.3, -0.25) is 9.36 Å². The zero-order chi connectivity index (χ0) is 23.4. The molecular weight excluding hydrogens is 418 g/mol. The largest absolute Gasteiger partial charge is 0.493 e. The van der Waals surface area contributed by atoms with Crippen LogP contribution in [0.2, 0.25) is 0 Å². The number of ether oxygens (including phenoxy) is 3. The summed E-state index contributed by atoms with van der Waals surface area (Å²) in [6, 6.07) is 14.2. The number of hydrogen-bond acceptors (Lipinski definition) is 6. The Hall–Kier alpha value is -4.57. The molecule has 2 aromatic heterocycles. The molecule has 2 heterocycles. The minimum Gasteiger partial charge on any atom is -0.493 e. The monoisotopic (exact) mass is 439 g/mol. The first kappa shape index (κ1) is 21.7. The van der Waals surface area contributed by atoms with E-state index in [0.29, 0.717) is 39.8 Å². The number of benzene rings is 2. The summed E-state index contributed by atoms with van der Waals surface area (Å²) in [5.74, 6) is 4.53. The molecule has 0 bridgehead atoms. The van der Waals surface area contributed by atoms with Crippen molar-refractivity contribution in [2.24, 2.45) is 0 Å². The average Bonchev–Trinajstić information content (AvgIpc) is 2.87. The summed E-state index contributed by atoms with van der Waals surface area (Å²) in [4.78, 5) is 22.2. The predicted molar refractivity (Wildman–Crippen MR) is 128 cm³/mol. The second kappa shape index (κ2) is 9.28. The molecule has 0 radical (unpaired) electrons. The van der Waals surface area contributed by atoms with Crippen molar-refractivity contribution in [2.45, 2.75) is 0 Å².